The highest BCUT2D eigenvalue weighted by Crippen LogP contribution is 2.29. The first-order valence-corrected chi connectivity index (χ1v) is 7.56. The van der Waals surface area contributed by atoms with Crippen molar-refractivity contribution in [2.45, 2.75) is 71.1 Å². The van der Waals surface area contributed by atoms with Gasteiger partial charge < -0.3 is 5.11 Å². The van der Waals surface area contributed by atoms with Gasteiger partial charge in [-0.05, 0) is 36.5 Å². The Labute approximate surface area is 112 Å². The van der Waals surface area contributed by atoms with E-state index in [0.717, 1.165) is 0 Å². The molecule has 0 saturated heterocycles. The molecule has 0 aliphatic heterocycles. The highest BCUT2D eigenvalue weighted by atomic mass is 16.3. The minimum atomic E-state index is 0.375. The zero-order chi connectivity index (χ0) is 13.2. The van der Waals surface area contributed by atoms with Crippen molar-refractivity contribution in [2.24, 2.45) is 0 Å². The maximum atomic E-state index is 9.37. The van der Waals surface area contributed by atoms with E-state index in [9.17, 15) is 5.11 Å². The summed E-state index contributed by atoms with van der Waals surface area (Å²) < 4.78 is 0. The predicted octanol–water partition coefficient (Wildman–Crippen LogP) is 5.64. The molecule has 0 heterocycles. The highest BCUT2D eigenvalue weighted by molar-refractivity contribution is 5.28. The number of hydrogen-bond donors (Lipinski definition) is 1. The van der Waals surface area contributed by atoms with Crippen LogP contribution in [0.1, 0.15) is 76.7 Å². The summed E-state index contributed by atoms with van der Waals surface area (Å²) in [7, 11) is 0. The molecule has 0 saturated carbocycles. The van der Waals surface area contributed by atoms with E-state index in [1.807, 2.05) is 12.1 Å². The lowest BCUT2D eigenvalue weighted by molar-refractivity contribution is 0.473. The summed E-state index contributed by atoms with van der Waals surface area (Å²) in [5, 5.41) is 9.37. The van der Waals surface area contributed by atoms with Gasteiger partial charge in [0.25, 0.3) is 0 Å². The molecule has 0 amide bonds. The number of benzene rings is 1. The Kier molecular flexibility index (Phi) is 7.55. The van der Waals surface area contributed by atoms with Gasteiger partial charge in [-0.2, -0.15) is 0 Å². The lowest BCUT2D eigenvalue weighted by Crippen LogP contribution is -1.99. The SMILES string of the molecule is CCCCCC(CCCCC)c1ccc(O)cc1. The molecule has 0 bridgehead atoms. The summed E-state index contributed by atoms with van der Waals surface area (Å²) in [6.45, 7) is 4.51. The minimum Gasteiger partial charge on any atom is -0.508 e. The second kappa shape index (κ2) is 9.02. The number of rotatable bonds is 9. The number of hydrogen-bond acceptors (Lipinski definition) is 1. The summed E-state index contributed by atoms with van der Waals surface area (Å²) in [6, 6.07) is 7.83. The van der Waals surface area contributed by atoms with Crippen LogP contribution < -0.4 is 0 Å². The van der Waals surface area contributed by atoms with E-state index in [-0.39, 0.29) is 0 Å². The van der Waals surface area contributed by atoms with Crippen LogP contribution in [0.25, 0.3) is 0 Å². The number of aromatic hydroxyl groups is 1. The first-order valence-electron chi connectivity index (χ1n) is 7.56. The van der Waals surface area contributed by atoms with Gasteiger partial charge in [-0.1, -0.05) is 64.5 Å². The Bertz CT molecular complexity index is 292. The van der Waals surface area contributed by atoms with Crippen molar-refractivity contribution < 1.29 is 5.11 Å². The Balaban J connectivity index is 2.54. The zero-order valence-corrected chi connectivity index (χ0v) is 12.0. The quantitative estimate of drug-likeness (QED) is 0.561. The third-order valence-electron chi connectivity index (χ3n) is 3.68. The molecule has 1 N–H and O–H groups in total. The van der Waals surface area contributed by atoms with E-state index in [2.05, 4.69) is 26.0 Å². The monoisotopic (exact) mass is 248 g/mol. The van der Waals surface area contributed by atoms with Gasteiger partial charge in [-0.25, -0.2) is 0 Å². The van der Waals surface area contributed by atoms with E-state index in [1.165, 1.54) is 56.9 Å². The molecule has 1 rings (SSSR count). The van der Waals surface area contributed by atoms with Crippen molar-refractivity contribution in [3.63, 3.8) is 0 Å². The molecule has 102 valence electrons. The average Bonchev–Trinajstić information content (AvgIpc) is 2.38. The predicted molar refractivity (Wildman–Crippen MR) is 79.1 cm³/mol. The van der Waals surface area contributed by atoms with Crippen molar-refractivity contribution in [2.75, 3.05) is 0 Å². The second-order valence-corrected chi connectivity index (χ2v) is 5.28. The molecule has 0 aromatic heterocycles. The Hall–Kier alpha value is -0.980. The van der Waals surface area contributed by atoms with Crippen LogP contribution in [0, 0.1) is 0 Å². The zero-order valence-electron chi connectivity index (χ0n) is 12.0. The van der Waals surface area contributed by atoms with Crippen LogP contribution in [0.4, 0.5) is 0 Å². The van der Waals surface area contributed by atoms with E-state index < -0.39 is 0 Å². The average molecular weight is 248 g/mol. The van der Waals surface area contributed by atoms with Crippen LogP contribution in [-0.4, -0.2) is 5.11 Å². The third-order valence-corrected chi connectivity index (χ3v) is 3.68. The van der Waals surface area contributed by atoms with Crippen LogP contribution in [-0.2, 0) is 0 Å². The topological polar surface area (TPSA) is 20.2 Å². The molecule has 0 radical (unpaired) electrons. The van der Waals surface area contributed by atoms with E-state index >= 15 is 0 Å². The maximum absolute atomic E-state index is 9.37. The molecule has 0 spiro atoms. The van der Waals surface area contributed by atoms with E-state index in [0.29, 0.717) is 11.7 Å². The molecule has 1 aromatic carbocycles. The summed E-state index contributed by atoms with van der Waals surface area (Å²) in [6.07, 6.45) is 10.5. The van der Waals surface area contributed by atoms with Gasteiger partial charge in [0.2, 0.25) is 0 Å². The van der Waals surface area contributed by atoms with Crippen LogP contribution in [0.5, 0.6) is 5.75 Å². The molecule has 1 heteroatoms. The molecule has 1 nitrogen and oxygen atoms in total. The number of phenols is 1. The van der Waals surface area contributed by atoms with Crippen LogP contribution in [0.3, 0.4) is 0 Å². The lowest BCUT2D eigenvalue weighted by atomic mass is 9.88. The van der Waals surface area contributed by atoms with Crippen molar-refractivity contribution in [1.29, 1.82) is 0 Å². The molecule has 18 heavy (non-hydrogen) atoms. The Morgan fingerprint density at radius 3 is 1.78 bits per heavy atom. The van der Waals surface area contributed by atoms with E-state index in [4.69, 9.17) is 0 Å². The van der Waals surface area contributed by atoms with Crippen molar-refractivity contribution in [3.05, 3.63) is 29.8 Å². The first-order chi connectivity index (χ1) is 8.77. The standard InChI is InChI=1S/C17H28O/c1-3-5-7-9-15(10-8-6-4-2)16-11-13-17(18)14-12-16/h11-15,18H,3-10H2,1-2H3. The molecule has 1 aromatic rings. The normalized spacial score (nSPS) is 11.1. The summed E-state index contributed by atoms with van der Waals surface area (Å²) >= 11 is 0. The third kappa shape index (κ3) is 5.57. The fourth-order valence-corrected chi connectivity index (χ4v) is 2.51. The van der Waals surface area contributed by atoms with Crippen LogP contribution >= 0.6 is 0 Å². The Morgan fingerprint density at radius 2 is 1.33 bits per heavy atom. The van der Waals surface area contributed by atoms with Crippen molar-refractivity contribution in [3.8, 4) is 5.75 Å². The maximum Gasteiger partial charge on any atom is 0.115 e. The molecule has 0 aliphatic rings. The van der Waals surface area contributed by atoms with Gasteiger partial charge in [-0.15, -0.1) is 0 Å². The van der Waals surface area contributed by atoms with Gasteiger partial charge in [0.1, 0.15) is 5.75 Å². The fraction of sp³-hybridized carbons (Fsp3) is 0.647. The molecule has 0 unspecified atom stereocenters. The lowest BCUT2D eigenvalue weighted by Gasteiger charge is -2.17. The van der Waals surface area contributed by atoms with Gasteiger partial charge in [-0.3, -0.25) is 0 Å². The number of phenolic OH excluding ortho intramolecular Hbond substituents is 1. The van der Waals surface area contributed by atoms with Gasteiger partial charge >= 0.3 is 0 Å². The van der Waals surface area contributed by atoms with Gasteiger partial charge in [0, 0.05) is 0 Å². The van der Waals surface area contributed by atoms with E-state index in [1.54, 1.807) is 0 Å². The number of unbranched alkanes of at least 4 members (excludes halogenated alkanes) is 4. The van der Waals surface area contributed by atoms with Gasteiger partial charge in [0.15, 0.2) is 0 Å². The first kappa shape index (κ1) is 15.1. The smallest absolute Gasteiger partial charge is 0.115 e. The molecular formula is C17H28O. The van der Waals surface area contributed by atoms with Gasteiger partial charge in [0.05, 0.1) is 0 Å². The van der Waals surface area contributed by atoms with Crippen molar-refractivity contribution in [1.82, 2.24) is 0 Å². The molecule has 0 aliphatic carbocycles. The Morgan fingerprint density at radius 1 is 0.833 bits per heavy atom. The molecular weight excluding hydrogens is 220 g/mol. The molecule has 0 atom stereocenters. The van der Waals surface area contributed by atoms with Crippen LogP contribution in [0.2, 0.25) is 0 Å². The fourth-order valence-electron chi connectivity index (χ4n) is 2.51. The van der Waals surface area contributed by atoms with Crippen LogP contribution in [0.15, 0.2) is 24.3 Å². The van der Waals surface area contributed by atoms with Crippen molar-refractivity contribution >= 4 is 0 Å². The minimum absolute atomic E-state index is 0.375. The second-order valence-electron chi connectivity index (χ2n) is 5.28. The summed E-state index contributed by atoms with van der Waals surface area (Å²) in [5.74, 6) is 1.06. The molecule has 0 fully saturated rings. The summed E-state index contributed by atoms with van der Waals surface area (Å²) in [4.78, 5) is 0. The summed E-state index contributed by atoms with van der Waals surface area (Å²) in [5.41, 5.74) is 1.40. The largest absolute Gasteiger partial charge is 0.508 e. The highest BCUT2D eigenvalue weighted by Gasteiger charge is 2.10.